The summed E-state index contributed by atoms with van der Waals surface area (Å²) in [5.74, 6) is -1.39. The number of hydrogen-bond donors (Lipinski definition) is 1. The van der Waals surface area contributed by atoms with Gasteiger partial charge in [0.1, 0.15) is 6.17 Å². The van der Waals surface area contributed by atoms with Gasteiger partial charge in [-0.05, 0) is 24.1 Å². The highest BCUT2D eigenvalue weighted by atomic mass is 35.5. The predicted molar refractivity (Wildman–Crippen MR) is 99.9 cm³/mol. The lowest BCUT2D eigenvalue weighted by molar-refractivity contribution is 0.243. The third kappa shape index (κ3) is 3.49. The second-order valence-corrected chi connectivity index (χ2v) is 7.23. The van der Waals surface area contributed by atoms with Crippen molar-refractivity contribution in [1.82, 2.24) is 9.55 Å². The van der Waals surface area contributed by atoms with Crippen LogP contribution in [0.25, 0.3) is 11.0 Å². The average molecular weight is 395 g/mol. The Morgan fingerprint density at radius 2 is 1.96 bits per heavy atom. The van der Waals surface area contributed by atoms with Crippen LogP contribution in [0.5, 0.6) is 0 Å². The van der Waals surface area contributed by atoms with E-state index in [-0.39, 0.29) is 13.0 Å². The summed E-state index contributed by atoms with van der Waals surface area (Å²) in [6, 6.07) is 8.85. The van der Waals surface area contributed by atoms with Crippen LogP contribution in [0.1, 0.15) is 12.0 Å². The van der Waals surface area contributed by atoms with Crippen molar-refractivity contribution >= 4 is 28.6 Å². The standard InChI is InChI=1S/C19H18ClF3N4/c20-12-3-1-2-11(6-12)9-27-18-8-15(23)14(22)7-17(18)25-19(27)26-5-4-13(21)16(24)10-26/h1-3,6-8,13,16H,4-5,9-10,24H2/t13?,16-/m1/s1. The Labute approximate surface area is 159 Å². The minimum Gasteiger partial charge on any atom is -0.340 e. The monoisotopic (exact) mass is 394 g/mol. The molecule has 2 N–H and O–H groups in total. The lowest BCUT2D eigenvalue weighted by Gasteiger charge is -2.34. The number of alkyl halides is 1. The highest BCUT2D eigenvalue weighted by molar-refractivity contribution is 6.30. The van der Waals surface area contributed by atoms with Crippen LogP contribution in [0, 0.1) is 11.6 Å². The van der Waals surface area contributed by atoms with Crippen molar-refractivity contribution in [2.45, 2.75) is 25.2 Å². The first kappa shape index (κ1) is 18.1. The van der Waals surface area contributed by atoms with Crippen LogP contribution in [0.4, 0.5) is 19.1 Å². The highest BCUT2D eigenvalue weighted by Crippen LogP contribution is 2.28. The molecule has 2 heterocycles. The van der Waals surface area contributed by atoms with E-state index in [1.807, 2.05) is 17.0 Å². The number of anilines is 1. The summed E-state index contributed by atoms with van der Waals surface area (Å²) in [5.41, 5.74) is 7.56. The van der Waals surface area contributed by atoms with E-state index in [1.54, 1.807) is 16.7 Å². The molecule has 1 saturated heterocycles. The molecule has 27 heavy (non-hydrogen) atoms. The third-order valence-corrected chi connectivity index (χ3v) is 5.09. The Morgan fingerprint density at radius 3 is 2.70 bits per heavy atom. The Bertz CT molecular complexity index is 990. The summed E-state index contributed by atoms with van der Waals surface area (Å²) < 4.78 is 43.1. The fraction of sp³-hybridized carbons (Fsp3) is 0.316. The number of imidazole rings is 1. The zero-order valence-corrected chi connectivity index (χ0v) is 15.1. The molecule has 1 unspecified atom stereocenters. The van der Waals surface area contributed by atoms with Gasteiger partial charge >= 0.3 is 0 Å². The van der Waals surface area contributed by atoms with E-state index in [1.165, 1.54) is 0 Å². The molecule has 4 rings (SSSR count). The fourth-order valence-corrected chi connectivity index (χ4v) is 3.67. The van der Waals surface area contributed by atoms with Crippen LogP contribution >= 0.6 is 11.6 Å². The van der Waals surface area contributed by atoms with E-state index in [9.17, 15) is 13.2 Å². The normalized spacial score (nSPS) is 20.4. The summed E-state index contributed by atoms with van der Waals surface area (Å²) in [4.78, 5) is 6.35. The molecule has 0 saturated carbocycles. The molecular weight excluding hydrogens is 377 g/mol. The second-order valence-electron chi connectivity index (χ2n) is 6.80. The molecule has 8 heteroatoms. The number of benzene rings is 2. The molecule has 2 atom stereocenters. The first-order chi connectivity index (χ1) is 12.9. The molecule has 1 fully saturated rings. The number of fused-ring (bicyclic) bond motifs is 1. The summed E-state index contributed by atoms with van der Waals surface area (Å²) in [6.45, 7) is 1.08. The van der Waals surface area contributed by atoms with Gasteiger partial charge in [0, 0.05) is 30.2 Å². The maximum absolute atomic E-state index is 13.9. The molecule has 0 aliphatic carbocycles. The Kier molecular flexibility index (Phi) is 4.74. The predicted octanol–water partition coefficient (Wildman–Crippen LogP) is 3.89. The summed E-state index contributed by atoms with van der Waals surface area (Å²) in [6.07, 6.45) is -0.786. The van der Waals surface area contributed by atoms with Crippen LogP contribution in [-0.4, -0.2) is 34.9 Å². The lowest BCUT2D eigenvalue weighted by Crippen LogP contribution is -2.50. The summed E-state index contributed by atoms with van der Waals surface area (Å²) in [7, 11) is 0. The van der Waals surface area contributed by atoms with E-state index in [4.69, 9.17) is 17.3 Å². The van der Waals surface area contributed by atoms with E-state index in [2.05, 4.69) is 4.98 Å². The van der Waals surface area contributed by atoms with Gasteiger partial charge in [-0.3, -0.25) is 0 Å². The Balaban J connectivity index is 1.81. The van der Waals surface area contributed by atoms with Gasteiger partial charge < -0.3 is 15.2 Å². The van der Waals surface area contributed by atoms with Gasteiger partial charge in [0.05, 0.1) is 23.6 Å². The molecule has 0 radical (unpaired) electrons. The number of aromatic nitrogens is 2. The number of nitrogens with two attached hydrogens (primary N) is 1. The van der Waals surface area contributed by atoms with Crippen molar-refractivity contribution in [3.8, 4) is 0 Å². The van der Waals surface area contributed by atoms with Gasteiger partial charge in [0.15, 0.2) is 11.6 Å². The van der Waals surface area contributed by atoms with E-state index in [0.717, 1.165) is 17.7 Å². The van der Waals surface area contributed by atoms with Crippen LogP contribution in [0.15, 0.2) is 36.4 Å². The quantitative estimate of drug-likeness (QED) is 0.733. The molecule has 1 aliphatic rings. The zero-order chi connectivity index (χ0) is 19.1. The smallest absolute Gasteiger partial charge is 0.206 e. The summed E-state index contributed by atoms with van der Waals surface area (Å²) in [5, 5.41) is 0.580. The van der Waals surface area contributed by atoms with Crippen LogP contribution in [-0.2, 0) is 6.54 Å². The minimum absolute atomic E-state index is 0.282. The molecule has 1 aromatic heterocycles. The first-order valence-corrected chi connectivity index (χ1v) is 9.04. The number of halogens is 4. The molecule has 1 aliphatic heterocycles. The fourth-order valence-electron chi connectivity index (χ4n) is 3.46. The van der Waals surface area contributed by atoms with Crippen molar-refractivity contribution in [3.63, 3.8) is 0 Å². The second kappa shape index (κ2) is 7.05. The number of rotatable bonds is 3. The maximum atomic E-state index is 13.9. The average Bonchev–Trinajstić information content (AvgIpc) is 2.95. The molecule has 3 aromatic rings. The van der Waals surface area contributed by atoms with Gasteiger partial charge in [0.25, 0.3) is 0 Å². The first-order valence-electron chi connectivity index (χ1n) is 8.66. The summed E-state index contributed by atoms with van der Waals surface area (Å²) >= 11 is 6.07. The number of hydrogen-bond acceptors (Lipinski definition) is 3. The molecule has 2 aromatic carbocycles. The molecular formula is C19H18ClF3N4. The molecule has 0 amide bonds. The van der Waals surface area contributed by atoms with Gasteiger partial charge in [-0.2, -0.15) is 0 Å². The van der Waals surface area contributed by atoms with Crippen molar-refractivity contribution in [2.75, 3.05) is 18.0 Å². The van der Waals surface area contributed by atoms with E-state index in [0.29, 0.717) is 35.1 Å². The molecule has 0 bridgehead atoms. The largest absolute Gasteiger partial charge is 0.340 e. The van der Waals surface area contributed by atoms with Gasteiger partial charge in [-0.15, -0.1) is 0 Å². The van der Waals surface area contributed by atoms with Crippen molar-refractivity contribution in [2.24, 2.45) is 5.73 Å². The molecule has 4 nitrogen and oxygen atoms in total. The van der Waals surface area contributed by atoms with Crippen LogP contribution in [0.2, 0.25) is 5.02 Å². The molecule has 0 spiro atoms. The van der Waals surface area contributed by atoms with Crippen molar-refractivity contribution < 1.29 is 13.2 Å². The van der Waals surface area contributed by atoms with Gasteiger partial charge in [-0.1, -0.05) is 23.7 Å². The highest BCUT2D eigenvalue weighted by Gasteiger charge is 2.29. The Hall–Kier alpha value is -2.25. The van der Waals surface area contributed by atoms with Gasteiger partial charge in [-0.25, -0.2) is 18.2 Å². The van der Waals surface area contributed by atoms with Crippen LogP contribution < -0.4 is 10.6 Å². The van der Waals surface area contributed by atoms with E-state index >= 15 is 0 Å². The maximum Gasteiger partial charge on any atom is 0.206 e. The molecule has 142 valence electrons. The van der Waals surface area contributed by atoms with Crippen molar-refractivity contribution in [1.29, 1.82) is 0 Å². The lowest BCUT2D eigenvalue weighted by atomic mass is 10.1. The van der Waals surface area contributed by atoms with Crippen molar-refractivity contribution in [3.05, 3.63) is 58.6 Å². The topological polar surface area (TPSA) is 47.1 Å². The zero-order valence-electron chi connectivity index (χ0n) is 14.4. The SMILES string of the molecule is N[C@@H]1CN(c2nc3cc(F)c(F)cc3n2Cc2cccc(Cl)c2)CCC1F. The number of piperidine rings is 1. The van der Waals surface area contributed by atoms with Gasteiger partial charge in [0.2, 0.25) is 5.95 Å². The third-order valence-electron chi connectivity index (χ3n) is 4.85. The van der Waals surface area contributed by atoms with Crippen LogP contribution in [0.3, 0.4) is 0 Å². The van der Waals surface area contributed by atoms with E-state index < -0.39 is 23.8 Å². The number of nitrogens with zero attached hydrogens (tertiary/aromatic N) is 3. The minimum atomic E-state index is -1.07. The Morgan fingerprint density at radius 1 is 1.19 bits per heavy atom.